The van der Waals surface area contributed by atoms with Crippen molar-refractivity contribution in [3.8, 4) is 12.1 Å². The van der Waals surface area contributed by atoms with Gasteiger partial charge in [-0.1, -0.05) is 6.42 Å². The number of carbonyl (C=O) groups is 1. The van der Waals surface area contributed by atoms with E-state index in [1.165, 1.54) is 6.20 Å². The van der Waals surface area contributed by atoms with E-state index in [-0.39, 0.29) is 17.3 Å². The summed E-state index contributed by atoms with van der Waals surface area (Å²) in [5.41, 5.74) is 1.47. The highest BCUT2D eigenvalue weighted by molar-refractivity contribution is 5.98. The first kappa shape index (κ1) is 12.9. The fraction of sp³-hybridized carbons (Fsp3) is 0.267. The van der Waals surface area contributed by atoms with Crippen LogP contribution in [0.1, 0.15) is 29.6 Å². The second-order valence-corrected chi connectivity index (χ2v) is 4.50. The molecular weight excluding hydrogens is 238 g/mol. The van der Waals surface area contributed by atoms with E-state index in [2.05, 4.69) is 5.32 Å². The molecule has 0 spiro atoms. The zero-order valence-electron chi connectivity index (χ0n) is 10.4. The SMILES string of the molecule is N#CC(C#N)=CNc1ccc(C(=O)C2CCC2)cc1. The number of rotatable bonds is 4. The van der Waals surface area contributed by atoms with Gasteiger partial charge in [0, 0.05) is 23.4 Å². The Balaban J connectivity index is 2.03. The van der Waals surface area contributed by atoms with E-state index in [1.807, 2.05) is 0 Å². The molecule has 0 heterocycles. The van der Waals surface area contributed by atoms with E-state index in [9.17, 15) is 4.79 Å². The van der Waals surface area contributed by atoms with E-state index >= 15 is 0 Å². The summed E-state index contributed by atoms with van der Waals surface area (Å²) in [6, 6.07) is 10.6. The van der Waals surface area contributed by atoms with Crippen LogP contribution < -0.4 is 5.32 Å². The van der Waals surface area contributed by atoms with Crippen molar-refractivity contribution in [2.45, 2.75) is 19.3 Å². The number of allylic oxidation sites excluding steroid dienone is 1. The molecule has 4 heteroatoms. The fourth-order valence-corrected chi connectivity index (χ4v) is 1.88. The standard InChI is InChI=1S/C15H13N3O/c16-8-11(9-17)10-18-14-6-4-13(5-7-14)15(19)12-2-1-3-12/h4-7,10,12,18H,1-3H2. The van der Waals surface area contributed by atoms with Crippen molar-refractivity contribution in [2.24, 2.45) is 5.92 Å². The molecule has 1 aliphatic carbocycles. The van der Waals surface area contributed by atoms with Crippen molar-refractivity contribution in [1.82, 2.24) is 0 Å². The van der Waals surface area contributed by atoms with Gasteiger partial charge in [-0.15, -0.1) is 0 Å². The van der Waals surface area contributed by atoms with Crippen molar-refractivity contribution >= 4 is 11.5 Å². The molecule has 0 atom stereocenters. The third-order valence-corrected chi connectivity index (χ3v) is 3.27. The molecule has 19 heavy (non-hydrogen) atoms. The molecule has 1 aromatic carbocycles. The van der Waals surface area contributed by atoms with Crippen molar-refractivity contribution < 1.29 is 4.79 Å². The Kier molecular flexibility index (Phi) is 3.95. The van der Waals surface area contributed by atoms with Crippen LogP contribution in [-0.4, -0.2) is 5.78 Å². The van der Waals surface area contributed by atoms with Gasteiger partial charge in [-0.3, -0.25) is 4.79 Å². The Bertz CT molecular complexity index is 567. The first-order valence-corrected chi connectivity index (χ1v) is 6.16. The molecule has 0 saturated heterocycles. The van der Waals surface area contributed by atoms with Gasteiger partial charge >= 0.3 is 0 Å². The Morgan fingerprint density at radius 1 is 1.21 bits per heavy atom. The topological polar surface area (TPSA) is 76.7 Å². The third-order valence-electron chi connectivity index (χ3n) is 3.27. The molecule has 0 bridgehead atoms. The average molecular weight is 251 g/mol. The maximum absolute atomic E-state index is 12.0. The third kappa shape index (κ3) is 3.00. The van der Waals surface area contributed by atoms with E-state index in [0.717, 1.165) is 30.5 Å². The fourth-order valence-electron chi connectivity index (χ4n) is 1.88. The number of anilines is 1. The highest BCUT2D eigenvalue weighted by Crippen LogP contribution is 2.30. The number of nitriles is 2. The van der Waals surface area contributed by atoms with Gasteiger partial charge in [-0.05, 0) is 37.1 Å². The minimum atomic E-state index is 0.00891. The molecule has 1 saturated carbocycles. The summed E-state index contributed by atoms with van der Waals surface area (Å²) in [4.78, 5) is 12.0. The molecule has 94 valence electrons. The molecule has 4 nitrogen and oxygen atoms in total. The number of hydrogen-bond acceptors (Lipinski definition) is 4. The molecular formula is C15H13N3O. The molecule has 1 N–H and O–H groups in total. The van der Waals surface area contributed by atoms with Crippen molar-refractivity contribution in [3.05, 3.63) is 41.6 Å². The summed E-state index contributed by atoms with van der Waals surface area (Å²) in [5.74, 6) is 0.408. The first-order valence-electron chi connectivity index (χ1n) is 6.16. The maximum Gasteiger partial charge on any atom is 0.165 e. The molecule has 1 aliphatic rings. The Hall–Kier alpha value is -2.59. The maximum atomic E-state index is 12.0. The van der Waals surface area contributed by atoms with Crippen LogP contribution in [0.3, 0.4) is 0 Å². The normalized spacial score (nSPS) is 13.6. The second kappa shape index (κ2) is 5.84. The predicted molar refractivity (Wildman–Crippen MR) is 71.0 cm³/mol. The number of nitrogens with zero attached hydrogens (tertiary/aromatic N) is 2. The lowest BCUT2D eigenvalue weighted by atomic mass is 9.80. The van der Waals surface area contributed by atoms with E-state index in [0.29, 0.717) is 0 Å². The lowest BCUT2D eigenvalue weighted by molar-refractivity contribution is 0.0855. The largest absolute Gasteiger partial charge is 0.360 e. The molecule has 1 aromatic rings. The monoisotopic (exact) mass is 251 g/mol. The lowest BCUT2D eigenvalue weighted by Gasteiger charge is -2.23. The van der Waals surface area contributed by atoms with Crippen molar-refractivity contribution in [1.29, 1.82) is 10.5 Å². The Morgan fingerprint density at radius 2 is 1.84 bits per heavy atom. The number of benzene rings is 1. The van der Waals surface area contributed by atoms with Gasteiger partial charge in [0.15, 0.2) is 5.78 Å². The summed E-state index contributed by atoms with van der Waals surface area (Å²) < 4.78 is 0. The van der Waals surface area contributed by atoms with E-state index < -0.39 is 0 Å². The van der Waals surface area contributed by atoms with E-state index in [1.54, 1.807) is 36.4 Å². The average Bonchev–Trinajstić information content (AvgIpc) is 2.38. The summed E-state index contributed by atoms with van der Waals surface area (Å²) in [5, 5.41) is 20.0. The summed E-state index contributed by atoms with van der Waals surface area (Å²) in [6.45, 7) is 0. The van der Waals surface area contributed by atoms with Crippen molar-refractivity contribution in [2.75, 3.05) is 5.32 Å². The summed E-state index contributed by atoms with van der Waals surface area (Å²) in [7, 11) is 0. The molecule has 0 radical (unpaired) electrons. The molecule has 0 amide bonds. The smallest absolute Gasteiger partial charge is 0.165 e. The van der Waals surface area contributed by atoms with Crippen LogP contribution in [0.15, 0.2) is 36.0 Å². The Labute approximate surface area is 112 Å². The quantitative estimate of drug-likeness (QED) is 0.659. The molecule has 0 unspecified atom stereocenters. The van der Waals surface area contributed by atoms with Crippen LogP contribution in [-0.2, 0) is 0 Å². The van der Waals surface area contributed by atoms with Crippen LogP contribution in [0.4, 0.5) is 5.69 Å². The molecule has 0 aliphatic heterocycles. The number of nitrogens with one attached hydrogen (secondary N) is 1. The van der Waals surface area contributed by atoms with Crippen LogP contribution in [0, 0.1) is 28.6 Å². The highest BCUT2D eigenvalue weighted by atomic mass is 16.1. The van der Waals surface area contributed by atoms with Crippen LogP contribution in [0.2, 0.25) is 0 Å². The van der Waals surface area contributed by atoms with Gasteiger partial charge in [0.1, 0.15) is 17.7 Å². The van der Waals surface area contributed by atoms with Gasteiger partial charge < -0.3 is 5.32 Å². The minimum absolute atomic E-state index is 0.00891. The van der Waals surface area contributed by atoms with Crippen molar-refractivity contribution in [3.63, 3.8) is 0 Å². The zero-order chi connectivity index (χ0) is 13.7. The number of ketones is 1. The number of Topliss-reactive ketones (excluding diaryl/α,β-unsaturated/α-hetero) is 1. The Morgan fingerprint density at radius 3 is 2.32 bits per heavy atom. The van der Waals surface area contributed by atoms with Gasteiger partial charge in [-0.2, -0.15) is 10.5 Å². The number of hydrogen-bond donors (Lipinski definition) is 1. The van der Waals surface area contributed by atoms with Gasteiger partial charge in [0.2, 0.25) is 0 Å². The van der Waals surface area contributed by atoms with Crippen LogP contribution >= 0.6 is 0 Å². The van der Waals surface area contributed by atoms with Gasteiger partial charge in [0.05, 0.1) is 0 Å². The number of carbonyl (C=O) groups excluding carboxylic acids is 1. The minimum Gasteiger partial charge on any atom is -0.360 e. The molecule has 1 fully saturated rings. The summed E-state index contributed by atoms with van der Waals surface area (Å²) in [6.07, 6.45) is 4.49. The second-order valence-electron chi connectivity index (χ2n) is 4.50. The summed E-state index contributed by atoms with van der Waals surface area (Å²) >= 11 is 0. The van der Waals surface area contributed by atoms with Gasteiger partial charge in [-0.25, -0.2) is 0 Å². The highest BCUT2D eigenvalue weighted by Gasteiger charge is 2.25. The zero-order valence-corrected chi connectivity index (χ0v) is 10.4. The van der Waals surface area contributed by atoms with Crippen LogP contribution in [0.5, 0.6) is 0 Å². The van der Waals surface area contributed by atoms with Crippen LogP contribution in [0.25, 0.3) is 0 Å². The van der Waals surface area contributed by atoms with Gasteiger partial charge in [0.25, 0.3) is 0 Å². The molecule has 0 aromatic heterocycles. The molecule has 2 rings (SSSR count). The first-order chi connectivity index (χ1) is 9.24. The van der Waals surface area contributed by atoms with E-state index in [4.69, 9.17) is 10.5 Å². The lowest BCUT2D eigenvalue weighted by Crippen LogP contribution is -2.21. The predicted octanol–water partition coefficient (Wildman–Crippen LogP) is 3.01.